The summed E-state index contributed by atoms with van der Waals surface area (Å²) in [6.07, 6.45) is 3.96. The lowest BCUT2D eigenvalue weighted by Gasteiger charge is -1.99. The predicted molar refractivity (Wildman–Crippen MR) is 89.9 cm³/mol. The summed E-state index contributed by atoms with van der Waals surface area (Å²) in [5.41, 5.74) is 4.74. The summed E-state index contributed by atoms with van der Waals surface area (Å²) in [6.45, 7) is 2.69. The van der Waals surface area contributed by atoms with Gasteiger partial charge in [-0.25, -0.2) is 9.37 Å². The highest BCUT2D eigenvalue weighted by Crippen LogP contribution is 2.23. The van der Waals surface area contributed by atoms with E-state index in [2.05, 4.69) is 4.98 Å². The van der Waals surface area contributed by atoms with E-state index in [4.69, 9.17) is 4.42 Å². The number of aryl methyl sites for hydroxylation is 1. The Bertz CT molecular complexity index is 1010. The molecule has 0 spiro atoms. The lowest BCUT2D eigenvalue weighted by atomic mass is 10.2. The van der Waals surface area contributed by atoms with Gasteiger partial charge in [-0.1, -0.05) is 6.07 Å². The highest BCUT2D eigenvalue weighted by atomic mass is 19.1. The van der Waals surface area contributed by atoms with Gasteiger partial charge in [-0.2, -0.15) is 4.57 Å². The van der Waals surface area contributed by atoms with E-state index in [9.17, 15) is 4.39 Å². The highest BCUT2D eigenvalue weighted by molar-refractivity contribution is 5.76. The molecular weight excluding hydrogens is 303 g/mol. The van der Waals surface area contributed by atoms with E-state index in [0.717, 1.165) is 27.8 Å². The Morgan fingerprint density at radius 1 is 1.08 bits per heavy atom. The van der Waals surface area contributed by atoms with Crippen LogP contribution in [-0.4, -0.2) is 4.98 Å². The Labute approximate surface area is 139 Å². The van der Waals surface area contributed by atoms with Gasteiger partial charge in [0.15, 0.2) is 24.5 Å². The topological polar surface area (TPSA) is 29.9 Å². The molecule has 0 saturated heterocycles. The third-order valence-corrected chi connectivity index (χ3v) is 3.93. The zero-order valence-corrected chi connectivity index (χ0v) is 13.2. The van der Waals surface area contributed by atoms with E-state index in [1.807, 2.05) is 54.2 Å². The van der Waals surface area contributed by atoms with Gasteiger partial charge in [0.05, 0.1) is 0 Å². The number of halogens is 1. The molecule has 0 saturated carbocycles. The minimum Gasteiger partial charge on any atom is -0.436 e. The first-order valence-corrected chi connectivity index (χ1v) is 7.78. The number of fused-ring (bicyclic) bond motifs is 1. The van der Waals surface area contributed by atoms with Crippen LogP contribution in [0.25, 0.3) is 22.6 Å². The normalized spacial score (nSPS) is 11.1. The van der Waals surface area contributed by atoms with Gasteiger partial charge in [0.25, 0.3) is 0 Å². The first-order chi connectivity index (χ1) is 11.7. The maximum Gasteiger partial charge on any atom is 0.233 e. The molecule has 2 aromatic carbocycles. The number of rotatable bonds is 3. The number of nitrogens with zero attached hydrogens (tertiary/aromatic N) is 2. The molecule has 0 aliphatic heterocycles. The molecule has 24 heavy (non-hydrogen) atoms. The predicted octanol–water partition coefficient (Wildman–Crippen LogP) is 4.28. The fraction of sp³-hybridized carbons (Fsp3) is 0.100. The zero-order chi connectivity index (χ0) is 16.5. The Balaban J connectivity index is 1.66. The highest BCUT2D eigenvalue weighted by Gasteiger charge is 2.12. The molecule has 2 heterocycles. The molecule has 0 fully saturated rings. The van der Waals surface area contributed by atoms with Gasteiger partial charge in [0.2, 0.25) is 5.89 Å². The summed E-state index contributed by atoms with van der Waals surface area (Å²) >= 11 is 0. The Kier molecular flexibility index (Phi) is 3.58. The number of benzene rings is 2. The van der Waals surface area contributed by atoms with Crippen molar-refractivity contribution in [3.05, 3.63) is 83.9 Å². The molecule has 0 aliphatic rings. The fourth-order valence-electron chi connectivity index (χ4n) is 2.71. The van der Waals surface area contributed by atoms with Crippen molar-refractivity contribution >= 4 is 11.1 Å². The standard InChI is InChI=1S/C20H16FN2O/c1-14-4-9-19-18(11-14)22-20(24-19)16-3-2-10-23(13-16)12-15-5-7-17(21)8-6-15/h2-11,13H,12H2,1H3/q+1. The number of aromatic nitrogens is 2. The number of hydrogen-bond donors (Lipinski definition) is 0. The fourth-order valence-corrected chi connectivity index (χ4v) is 2.71. The van der Waals surface area contributed by atoms with E-state index >= 15 is 0 Å². The molecule has 2 aromatic heterocycles. The van der Waals surface area contributed by atoms with E-state index in [1.54, 1.807) is 12.1 Å². The molecule has 4 aromatic rings. The Morgan fingerprint density at radius 3 is 2.75 bits per heavy atom. The van der Waals surface area contributed by atoms with E-state index in [1.165, 1.54) is 12.1 Å². The quantitative estimate of drug-likeness (QED) is 0.528. The second-order valence-electron chi connectivity index (χ2n) is 5.88. The van der Waals surface area contributed by atoms with Crippen molar-refractivity contribution in [3.63, 3.8) is 0 Å². The smallest absolute Gasteiger partial charge is 0.233 e. The number of hydrogen-bond acceptors (Lipinski definition) is 2. The first-order valence-electron chi connectivity index (χ1n) is 7.78. The summed E-state index contributed by atoms with van der Waals surface area (Å²) in [4.78, 5) is 4.57. The molecule has 0 aliphatic carbocycles. The molecular formula is C20H16FN2O+. The second kappa shape index (κ2) is 5.89. The lowest BCUT2D eigenvalue weighted by Crippen LogP contribution is -2.33. The number of pyridine rings is 1. The number of oxazole rings is 1. The molecule has 4 rings (SSSR count). The van der Waals surface area contributed by atoms with Gasteiger partial charge in [0.1, 0.15) is 16.9 Å². The third kappa shape index (κ3) is 2.91. The molecule has 0 unspecified atom stereocenters. The van der Waals surface area contributed by atoms with Crippen molar-refractivity contribution in [1.82, 2.24) is 4.98 Å². The van der Waals surface area contributed by atoms with Gasteiger partial charge in [-0.3, -0.25) is 0 Å². The molecule has 4 heteroatoms. The maximum absolute atomic E-state index is 13.0. The van der Waals surface area contributed by atoms with Crippen LogP contribution in [-0.2, 0) is 6.54 Å². The van der Waals surface area contributed by atoms with Crippen LogP contribution in [0, 0.1) is 12.7 Å². The van der Waals surface area contributed by atoms with Crippen LogP contribution in [0.3, 0.4) is 0 Å². The van der Waals surface area contributed by atoms with Gasteiger partial charge in [0, 0.05) is 11.6 Å². The van der Waals surface area contributed by atoms with E-state index in [0.29, 0.717) is 12.4 Å². The molecule has 3 nitrogen and oxygen atoms in total. The third-order valence-electron chi connectivity index (χ3n) is 3.93. The lowest BCUT2D eigenvalue weighted by molar-refractivity contribution is -0.687. The summed E-state index contributed by atoms with van der Waals surface area (Å²) in [5.74, 6) is 0.378. The van der Waals surface area contributed by atoms with Crippen molar-refractivity contribution in [3.8, 4) is 11.5 Å². The molecule has 0 atom stereocenters. The molecule has 0 amide bonds. The van der Waals surface area contributed by atoms with Crippen LogP contribution in [0.1, 0.15) is 11.1 Å². The minimum atomic E-state index is -0.223. The monoisotopic (exact) mass is 319 g/mol. The van der Waals surface area contributed by atoms with Crippen LogP contribution in [0.5, 0.6) is 0 Å². The van der Waals surface area contributed by atoms with E-state index < -0.39 is 0 Å². The molecule has 118 valence electrons. The Hall–Kier alpha value is -3.01. The van der Waals surface area contributed by atoms with Crippen molar-refractivity contribution in [1.29, 1.82) is 0 Å². The van der Waals surface area contributed by atoms with Crippen LogP contribution >= 0.6 is 0 Å². The van der Waals surface area contributed by atoms with Crippen LogP contribution in [0.15, 0.2) is 71.4 Å². The zero-order valence-electron chi connectivity index (χ0n) is 13.2. The van der Waals surface area contributed by atoms with Crippen molar-refractivity contribution in [2.75, 3.05) is 0 Å². The van der Waals surface area contributed by atoms with Gasteiger partial charge < -0.3 is 4.42 Å². The van der Waals surface area contributed by atoms with Crippen molar-refractivity contribution in [2.45, 2.75) is 13.5 Å². The summed E-state index contributed by atoms with van der Waals surface area (Å²) in [7, 11) is 0. The summed E-state index contributed by atoms with van der Waals surface area (Å²) in [6, 6.07) is 16.4. The van der Waals surface area contributed by atoms with Crippen LogP contribution in [0.4, 0.5) is 4.39 Å². The van der Waals surface area contributed by atoms with Crippen LogP contribution < -0.4 is 4.57 Å². The second-order valence-corrected chi connectivity index (χ2v) is 5.88. The van der Waals surface area contributed by atoms with Crippen molar-refractivity contribution < 1.29 is 13.4 Å². The first kappa shape index (κ1) is 14.6. The van der Waals surface area contributed by atoms with E-state index in [-0.39, 0.29) is 5.82 Å². The SMILES string of the molecule is Cc1ccc2oc(-c3ccc[n+](Cc4ccc(F)cc4)c3)nc2c1. The van der Waals surface area contributed by atoms with Gasteiger partial charge in [-0.05, 0) is 55.0 Å². The molecule has 0 radical (unpaired) electrons. The van der Waals surface area contributed by atoms with Gasteiger partial charge >= 0.3 is 0 Å². The molecule has 0 bridgehead atoms. The summed E-state index contributed by atoms with van der Waals surface area (Å²) in [5, 5.41) is 0. The molecule has 0 N–H and O–H groups in total. The average Bonchev–Trinajstić information content (AvgIpc) is 3.00. The van der Waals surface area contributed by atoms with Crippen LogP contribution in [0.2, 0.25) is 0 Å². The maximum atomic E-state index is 13.0. The summed E-state index contributed by atoms with van der Waals surface area (Å²) < 4.78 is 20.9. The van der Waals surface area contributed by atoms with Gasteiger partial charge in [-0.15, -0.1) is 0 Å². The minimum absolute atomic E-state index is 0.223. The Morgan fingerprint density at radius 2 is 1.92 bits per heavy atom. The largest absolute Gasteiger partial charge is 0.436 e. The van der Waals surface area contributed by atoms with Crippen molar-refractivity contribution in [2.24, 2.45) is 0 Å². The average molecular weight is 319 g/mol.